The van der Waals surface area contributed by atoms with E-state index in [0.29, 0.717) is 0 Å². The van der Waals surface area contributed by atoms with E-state index in [1.54, 1.807) is 0 Å². The molecule has 0 spiro atoms. The van der Waals surface area contributed by atoms with Crippen molar-refractivity contribution in [2.45, 2.75) is 12.8 Å². The van der Waals surface area contributed by atoms with Crippen LogP contribution in [0.1, 0.15) is 12.8 Å². The Kier molecular flexibility index (Phi) is 3.68. The number of rotatable bonds is 3. The second-order valence-electron chi connectivity index (χ2n) is 6.96. The number of nitrogens with zero attached hydrogens (tertiary/aromatic N) is 1. The first kappa shape index (κ1) is 13.7. The van der Waals surface area contributed by atoms with Crippen LogP contribution >= 0.6 is 11.6 Å². The third kappa shape index (κ3) is 2.84. The monoisotopic (exact) mass is 303 g/mol. The minimum atomic E-state index is 0.826. The van der Waals surface area contributed by atoms with Crippen LogP contribution in [0.3, 0.4) is 0 Å². The smallest absolute Gasteiger partial charge is 0.0949 e. The van der Waals surface area contributed by atoms with Crippen molar-refractivity contribution in [2.75, 3.05) is 37.6 Å². The molecule has 112 valence electrons. The Morgan fingerprint density at radius 3 is 2.43 bits per heavy atom. The molecule has 21 heavy (non-hydrogen) atoms. The molecule has 2 nitrogen and oxygen atoms in total. The summed E-state index contributed by atoms with van der Waals surface area (Å²) >= 11 is 5.97. The molecule has 0 unspecified atom stereocenters. The zero-order valence-electron chi connectivity index (χ0n) is 12.5. The van der Waals surface area contributed by atoms with Gasteiger partial charge in [-0.2, -0.15) is 0 Å². The zero-order valence-corrected chi connectivity index (χ0v) is 13.2. The third-order valence-corrected chi connectivity index (χ3v) is 5.88. The number of quaternary nitrogens is 1. The molecule has 3 heteroatoms. The highest BCUT2D eigenvalue weighted by molar-refractivity contribution is 6.30. The zero-order chi connectivity index (χ0) is 14.2. The number of anilines is 1. The van der Waals surface area contributed by atoms with Gasteiger partial charge in [-0.05, 0) is 48.9 Å². The summed E-state index contributed by atoms with van der Waals surface area (Å²) < 4.78 is 0. The maximum atomic E-state index is 5.97. The summed E-state index contributed by atoms with van der Waals surface area (Å²) in [7, 11) is 0. The van der Waals surface area contributed by atoms with Crippen LogP contribution < -0.4 is 9.80 Å². The van der Waals surface area contributed by atoms with Crippen molar-refractivity contribution in [1.29, 1.82) is 0 Å². The largest absolute Gasteiger partial charge is 0.360 e. The second kappa shape index (κ2) is 5.66. The molecule has 1 aliphatic heterocycles. The fourth-order valence-corrected chi connectivity index (χ4v) is 4.56. The molecule has 0 amide bonds. The average Bonchev–Trinajstić information content (AvgIpc) is 3.12. The van der Waals surface area contributed by atoms with Gasteiger partial charge < -0.3 is 9.80 Å². The van der Waals surface area contributed by atoms with Crippen LogP contribution in [-0.4, -0.2) is 32.7 Å². The molecular weight excluding hydrogens is 280 g/mol. The van der Waals surface area contributed by atoms with E-state index in [0.717, 1.165) is 22.8 Å². The SMILES string of the molecule is Clc1ccc(N2CC[NH+](C[C@@H]3C[C@@H]4C=C[C@@H]3C4)CC2)cc1. The van der Waals surface area contributed by atoms with Gasteiger partial charge in [-0.25, -0.2) is 0 Å². The number of nitrogens with one attached hydrogen (secondary N) is 1. The van der Waals surface area contributed by atoms with Crippen molar-refractivity contribution >= 4 is 17.3 Å². The van der Waals surface area contributed by atoms with Crippen LogP contribution in [0.25, 0.3) is 0 Å². The molecule has 2 aliphatic carbocycles. The van der Waals surface area contributed by atoms with Crippen LogP contribution in [0.15, 0.2) is 36.4 Å². The highest BCUT2D eigenvalue weighted by Gasteiger charge is 2.38. The Balaban J connectivity index is 1.30. The van der Waals surface area contributed by atoms with Crippen molar-refractivity contribution in [1.82, 2.24) is 0 Å². The Hall–Kier alpha value is -0.990. The van der Waals surface area contributed by atoms with E-state index in [2.05, 4.69) is 29.2 Å². The number of hydrogen-bond donors (Lipinski definition) is 1. The van der Waals surface area contributed by atoms with Crippen molar-refractivity contribution in [3.05, 3.63) is 41.4 Å². The van der Waals surface area contributed by atoms with E-state index in [1.165, 1.54) is 51.3 Å². The van der Waals surface area contributed by atoms with Gasteiger partial charge in [0.15, 0.2) is 0 Å². The van der Waals surface area contributed by atoms with Gasteiger partial charge in [0.1, 0.15) is 0 Å². The summed E-state index contributed by atoms with van der Waals surface area (Å²) in [5.74, 6) is 2.77. The summed E-state index contributed by atoms with van der Waals surface area (Å²) in [5.41, 5.74) is 1.32. The minimum absolute atomic E-state index is 0.826. The lowest BCUT2D eigenvalue weighted by Gasteiger charge is -2.35. The van der Waals surface area contributed by atoms with E-state index in [9.17, 15) is 0 Å². The summed E-state index contributed by atoms with van der Waals surface area (Å²) in [6, 6.07) is 8.29. The first-order valence-electron chi connectivity index (χ1n) is 8.30. The fraction of sp³-hybridized carbons (Fsp3) is 0.556. The van der Waals surface area contributed by atoms with Crippen molar-refractivity contribution < 1.29 is 4.90 Å². The molecule has 1 N–H and O–H groups in total. The van der Waals surface area contributed by atoms with Crippen LogP contribution in [0, 0.1) is 17.8 Å². The number of benzene rings is 1. The maximum absolute atomic E-state index is 5.97. The Bertz CT molecular complexity index is 517. The lowest BCUT2D eigenvalue weighted by atomic mass is 9.93. The molecule has 4 rings (SSSR count). The Morgan fingerprint density at radius 1 is 1.05 bits per heavy atom. The number of halogens is 1. The molecular formula is C18H24ClN2+. The summed E-state index contributed by atoms with van der Waals surface area (Å²) in [5, 5.41) is 0.826. The predicted octanol–water partition coefficient (Wildman–Crippen LogP) is 2.26. The second-order valence-corrected chi connectivity index (χ2v) is 7.39. The molecule has 1 aromatic carbocycles. The van der Waals surface area contributed by atoms with E-state index in [1.807, 2.05) is 17.0 Å². The van der Waals surface area contributed by atoms with Gasteiger partial charge in [-0.3, -0.25) is 0 Å². The van der Waals surface area contributed by atoms with Gasteiger partial charge in [-0.15, -0.1) is 0 Å². The van der Waals surface area contributed by atoms with Crippen LogP contribution in [-0.2, 0) is 0 Å². The predicted molar refractivity (Wildman–Crippen MR) is 88.1 cm³/mol. The van der Waals surface area contributed by atoms with Crippen molar-refractivity contribution in [3.63, 3.8) is 0 Å². The standard InChI is InChI=1S/C18H23ClN2/c19-17-3-5-18(6-4-17)21-9-7-20(8-10-21)13-16-12-14-1-2-15(16)11-14/h1-6,14-16H,7-13H2/p+1/t14-,15-,16+/m1/s1. The van der Waals surface area contributed by atoms with Gasteiger partial charge in [0.2, 0.25) is 0 Å². The molecule has 1 aromatic rings. The summed E-state index contributed by atoms with van der Waals surface area (Å²) in [6.07, 6.45) is 7.83. The van der Waals surface area contributed by atoms with E-state index >= 15 is 0 Å². The quantitative estimate of drug-likeness (QED) is 0.842. The highest BCUT2D eigenvalue weighted by Crippen LogP contribution is 2.42. The van der Waals surface area contributed by atoms with E-state index in [-0.39, 0.29) is 0 Å². The Labute approximate surface area is 132 Å². The first-order chi connectivity index (χ1) is 10.3. The average molecular weight is 304 g/mol. The van der Waals surface area contributed by atoms with Gasteiger partial charge >= 0.3 is 0 Å². The number of piperazine rings is 1. The maximum Gasteiger partial charge on any atom is 0.0949 e. The van der Waals surface area contributed by atoms with Crippen LogP contribution in [0.5, 0.6) is 0 Å². The van der Waals surface area contributed by atoms with E-state index < -0.39 is 0 Å². The van der Waals surface area contributed by atoms with Crippen LogP contribution in [0.2, 0.25) is 5.02 Å². The molecule has 1 heterocycles. The van der Waals surface area contributed by atoms with Gasteiger partial charge in [0.05, 0.1) is 32.7 Å². The van der Waals surface area contributed by atoms with E-state index in [4.69, 9.17) is 11.6 Å². The highest BCUT2D eigenvalue weighted by atomic mass is 35.5. The van der Waals surface area contributed by atoms with Gasteiger partial charge in [0, 0.05) is 16.6 Å². The molecule has 2 fully saturated rings. The number of hydrogen-bond acceptors (Lipinski definition) is 1. The normalized spacial score (nSPS) is 32.0. The Morgan fingerprint density at radius 2 is 1.81 bits per heavy atom. The first-order valence-corrected chi connectivity index (χ1v) is 8.68. The molecule has 1 saturated carbocycles. The van der Waals surface area contributed by atoms with Crippen LogP contribution in [0.4, 0.5) is 5.69 Å². The van der Waals surface area contributed by atoms with Crippen molar-refractivity contribution in [2.24, 2.45) is 17.8 Å². The lowest BCUT2D eigenvalue weighted by Crippen LogP contribution is -3.15. The number of fused-ring (bicyclic) bond motifs is 2. The third-order valence-electron chi connectivity index (χ3n) is 5.63. The fourth-order valence-electron chi connectivity index (χ4n) is 4.44. The summed E-state index contributed by atoms with van der Waals surface area (Å²) in [4.78, 5) is 4.31. The molecule has 3 atom stereocenters. The van der Waals surface area contributed by atoms with Gasteiger partial charge in [0.25, 0.3) is 0 Å². The summed E-state index contributed by atoms with van der Waals surface area (Å²) in [6.45, 7) is 6.29. The molecule has 3 aliphatic rings. The minimum Gasteiger partial charge on any atom is -0.360 e. The van der Waals surface area contributed by atoms with Gasteiger partial charge in [-0.1, -0.05) is 23.8 Å². The molecule has 0 aromatic heterocycles. The topological polar surface area (TPSA) is 7.68 Å². The molecule has 1 saturated heterocycles. The molecule has 0 radical (unpaired) electrons. The lowest BCUT2D eigenvalue weighted by molar-refractivity contribution is -0.904. The molecule has 2 bridgehead atoms. The number of allylic oxidation sites excluding steroid dienone is 2. The van der Waals surface area contributed by atoms with Crippen molar-refractivity contribution in [3.8, 4) is 0 Å².